The molecule has 2 amide bonds. The number of urea groups is 1. The van der Waals surface area contributed by atoms with Crippen molar-refractivity contribution in [1.82, 2.24) is 9.88 Å². The summed E-state index contributed by atoms with van der Waals surface area (Å²) in [5, 5.41) is 3.01. The number of rotatable bonds is 7. The van der Waals surface area contributed by atoms with Gasteiger partial charge in [-0.25, -0.2) is 4.79 Å². The van der Waals surface area contributed by atoms with E-state index in [2.05, 4.69) is 29.4 Å². The van der Waals surface area contributed by atoms with E-state index in [0.29, 0.717) is 6.54 Å². The fourth-order valence-electron chi connectivity index (χ4n) is 3.32. The number of anilines is 1. The van der Waals surface area contributed by atoms with E-state index in [9.17, 15) is 4.79 Å². The van der Waals surface area contributed by atoms with Crippen molar-refractivity contribution in [2.45, 2.75) is 45.1 Å². The van der Waals surface area contributed by atoms with Crippen molar-refractivity contribution in [1.29, 1.82) is 0 Å². The molecule has 3 rings (SSSR count). The fourth-order valence-corrected chi connectivity index (χ4v) is 3.32. The summed E-state index contributed by atoms with van der Waals surface area (Å²) in [5.41, 5.74) is 3.17. The Hall–Kier alpha value is -2.40. The SMILES string of the molecule is CCCOC1CCCN(C(=O)Nc2ccc(CCc3ccccn3)cc2)C1. The Morgan fingerprint density at radius 3 is 2.81 bits per heavy atom. The van der Waals surface area contributed by atoms with Gasteiger partial charge in [-0.15, -0.1) is 0 Å². The lowest BCUT2D eigenvalue weighted by Crippen LogP contribution is -2.45. The van der Waals surface area contributed by atoms with Gasteiger partial charge in [-0.3, -0.25) is 4.98 Å². The molecule has 5 heteroatoms. The molecule has 1 aliphatic rings. The lowest BCUT2D eigenvalue weighted by Gasteiger charge is -2.32. The highest BCUT2D eigenvalue weighted by molar-refractivity contribution is 5.89. The highest BCUT2D eigenvalue weighted by Crippen LogP contribution is 2.16. The molecular formula is C22H29N3O2. The van der Waals surface area contributed by atoms with E-state index in [-0.39, 0.29) is 12.1 Å². The van der Waals surface area contributed by atoms with Gasteiger partial charge >= 0.3 is 6.03 Å². The van der Waals surface area contributed by atoms with Crippen LogP contribution in [0.3, 0.4) is 0 Å². The Bertz CT molecular complexity index is 703. The van der Waals surface area contributed by atoms with Gasteiger partial charge in [0.2, 0.25) is 0 Å². The fraction of sp³-hybridized carbons (Fsp3) is 0.455. The van der Waals surface area contributed by atoms with Gasteiger partial charge < -0.3 is 15.0 Å². The monoisotopic (exact) mass is 367 g/mol. The zero-order valence-corrected chi connectivity index (χ0v) is 16.1. The molecular weight excluding hydrogens is 338 g/mol. The number of hydrogen-bond donors (Lipinski definition) is 1. The molecule has 1 aromatic heterocycles. The molecule has 144 valence electrons. The second-order valence-corrected chi connectivity index (χ2v) is 7.03. The minimum Gasteiger partial charge on any atom is -0.376 e. The largest absolute Gasteiger partial charge is 0.376 e. The molecule has 1 saturated heterocycles. The number of benzene rings is 1. The van der Waals surface area contributed by atoms with Crippen LogP contribution in [-0.2, 0) is 17.6 Å². The number of piperidine rings is 1. The lowest BCUT2D eigenvalue weighted by atomic mass is 10.1. The number of amides is 2. The van der Waals surface area contributed by atoms with Crippen molar-refractivity contribution < 1.29 is 9.53 Å². The van der Waals surface area contributed by atoms with Crippen molar-refractivity contribution in [3.8, 4) is 0 Å². The van der Waals surface area contributed by atoms with Gasteiger partial charge in [-0.05, 0) is 61.9 Å². The number of carbonyl (C=O) groups excluding carboxylic acids is 1. The molecule has 5 nitrogen and oxygen atoms in total. The molecule has 1 unspecified atom stereocenters. The van der Waals surface area contributed by atoms with Crippen molar-refractivity contribution in [3.63, 3.8) is 0 Å². The standard InChI is InChI=1S/C22H29N3O2/c1-2-16-27-21-7-5-15-25(17-21)22(26)24-20-12-9-18(10-13-20)8-11-19-6-3-4-14-23-19/h3-4,6,9-10,12-14,21H,2,5,7-8,11,15-17H2,1H3,(H,24,26). The van der Waals surface area contributed by atoms with E-state index >= 15 is 0 Å². The molecule has 2 heterocycles. The predicted octanol–water partition coefficient (Wildman–Crippen LogP) is 4.29. The second-order valence-electron chi connectivity index (χ2n) is 7.03. The van der Waals surface area contributed by atoms with Gasteiger partial charge in [-0.1, -0.05) is 25.1 Å². The third-order valence-electron chi connectivity index (χ3n) is 4.82. The van der Waals surface area contributed by atoms with Crippen molar-refractivity contribution >= 4 is 11.7 Å². The van der Waals surface area contributed by atoms with Crippen LogP contribution in [0.2, 0.25) is 0 Å². The average Bonchev–Trinajstić information content (AvgIpc) is 2.72. The van der Waals surface area contributed by atoms with Gasteiger partial charge in [0.1, 0.15) is 0 Å². The number of aryl methyl sites for hydroxylation is 2. The zero-order valence-electron chi connectivity index (χ0n) is 16.1. The van der Waals surface area contributed by atoms with Gasteiger partial charge in [0.15, 0.2) is 0 Å². The topological polar surface area (TPSA) is 54.5 Å². The van der Waals surface area contributed by atoms with Gasteiger partial charge in [-0.2, -0.15) is 0 Å². The molecule has 0 spiro atoms. The van der Waals surface area contributed by atoms with E-state index in [0.717, 1.165) is 56.6 Å². The van der Waals surface area contributed by atoms with Gasteiger partial charge in [0.05, 0.1) is 6.10 Å². The molecule has 2 aromatic rings. The maximum absolute atomic E-state index is 12.5. The Labute approximate surface area is 161 Å². The quantitative estimate of drug-likeness (QED) is 0.794. The normalized spacial score (nSPS) is 16.9. The van der Waals surface area contributed by atoms with E-state index in [1.165, 1.54) is 5.56 Å². The maximum Gasteiger partial charge on any atom is 0.321 e. The molecule has 1 atom stereocenters. The minimum absolute atomic E-state index is 0.0407. The van der Waals surface area contributed by atoms with Gasteiger partial charge in [0, 0.05) is 37.3 Å². The predicted molar refractivity (Wildman–Crippen MR) is 108 cm³/mol. The molecule has 1 N–H and O–H groups in total. The van der Waals surface area contributed by atoms with Crippen molar-refractivity contribution in [3.05, 3.63) is 59.9 Å². The van der Waals surface area contributed by atoms with Crippen molar-refractivity contribution in [2.24, 2.45) is 0 Å². The number of pyridine rings is 1. The summed E-state index contributed by atoms with van der Waals surface area (Å²) in [6.45, 7) is 4.33. The number of nitrogens with one attached hydrogen (secondary N) is 1. The van der Waals surface area contributed by atoms with Crippen LogP contribution in [0.5, 0.6) is 0 Å². The third kappa shape index (κ3) is 6.07. The molecule has 0 radical (unpaired) electrons. The minimum atomic E-state index is -0.0407. The molecule has 0 aliphatic carbocycles. The first-order chi connectivity index (χ1) is 13.2. The van der Waals surface area contributed by atoms with E-state index in [4.69, 9.17) is 4.74 Å². The Morgan fingerprint density at radius 2 is 2.07 bits per heavy atom. The average molecular weight is 367 g/mol. The number of nitrogens with zero attached hydrogens (tertiary/aromatic N) is 2. The molecule has 27 heavy (non-hydrogen) atoms. The first-order valence-corrected chi connectivity index (χ1v) is 9.91. The summed E-state index contributed by atoms with van der Waals surface area (Å²) in [6, 6.07) is 14.0. The second kappa shape index (κ2) is 10.1. The van der Waals surface area contributed by atoms with Gasteiger partial charge in [0.25, 0.3) is 0 Å². The van der Waals surface area contributed by atoms with Crippen LogP contribution in [0.1, 0.15) is 37.4 Å². The Balaban J connectivity index is 1.48. The smallest absolute Gasteiger partial charge is 0.321 e. The van der Waals surface area contributed by atoms with Crippen LogP contribution < -0.4 is 5.32 Å². The van der Waals surface area contributed by atoms with E-state index in [1.807, 2.05) is 41.4 Å². The first kappa shape index (κ1) is 19.4. The summed E-state index contributed by atoms with van der Waals surface area (Å²) in [7, 11) is 0. The summed E-state index contributed by atoms with van der Waals surface area (Å²) in [6.07, 6.45) is 6.89. The van der Waals surface area contributed by atoms with Crippen LogP contribution in [0, 0.1) is 0 Å². The Morgan fingerprint density at radius 1 is 1.22 bits per heavy atom. The molecule has 0 bridgehead atoms. The number of ether oxygens (including phenoxy) is 1. The number of hydrogen-bond acceptors (Lipinski definition) is 3. The third-order valence-corrected chi connectivity index (χ3v) is 4.82. The van der Waals surface area contributed by atoms with E-state index < -0.39 is 0 Å². The summed E-state index contributed by atoms with van der Waals surface area (Å²) >= 11 is 0. The van der Waals surface area contributed by atoms with Crippen LogP contribution in [0.4, 0.5) is 10.5 Å². The van der Waals surface area contributed by atoms with Crippen LogP contribution in [-0.4, -0.2) is 41.7 Å². The summed E-state index contributed by atoms with van der Waals surface area (Å²) in [4.78, 5) is 18.7. The highest BCUT2D eigenvalue weighted by atomic mass is 16.5. The summed E-state index contributed by atoms with van der Waals surface area (Å²) < 4.78 is 5.82. The first-order valence-electron chi connectivity index (χ1n) is 9.91. The molecule has 1 aromatic carbocycles. The molecule has 1 aliphatic heterocycles. The van der Waals surface area contributed by atoms with E-state index in [1.54, 1.807) is 0 Å². The van der Waals surface area contributed by atoms with Crippen LogP contribution in [0.15, 0.2) is 48.7 Å². The molecule has 1 fully saturated rings. The number of likely N-dealkylation sites (tertiary alicyclic amines) is 1. The molecule has 0 saturated carbocycles. The number of aromatic nitrogens is 1. The number of carbonyl (C=O) groups is 1. The zero-order chi connectivity index (χ0) is 18.9. The van der Waals surface area contributed by atoms with Crippen molar-refractivity contribution in [2.75, 3.05) is 25.0 Å². The Kier molecular flexibility index (Phi) is 7.22. The summed E-state index contributed by atoms with van der Waals surface area (Å²) in [5.74, 6) is 0. The maximum atomic E-state index is 12.5. The highest BCUT2D eigenvalue weighted by Gasteiger charge is 2.24. The lowest BCUT2D eigenvalue weighted by molar-refractivity contribution is 0.0115. The van der Waals surface area contributed by atoms with Crippen LogP contribution >= 0.6 is 0 Å². The van der Waals surface area contributed by atoms with Crippen LogP contribution in [0.25, 0.3) is 0 Å².